The fourth-order valence-electron chi connectivity index (χ4n) is 3.99. The number of nitrogens with one attached hydrogen (secondary N) is 3. The number of thiophene rings is 1. The molecule has 6 aromatic heterocycles. The number of nitrogens with zero attached hydrogens (tertiary/aromatic N) is 4. The van der Waals surface area contributed by atoms with E-state index in [9.17, 15) is 4.79 Å². The zero-order valence-corrected chi connectivity index (χ0v) is 19.9. The van der Waals surface area contributed by atoms with E-state index in [4.69, 9.17) is 4.98 Å². The molecule has 0 aliphatic rings. The highest BCUT2D eigenvalue weighted by molar-refractivity contribution is 7.08. The molecule has 6 aromatic rings. The standard InChI is InChI=1S/C26H21N7OS/c1-14(2)26(34)29-17-9-16(11-27-12-17)19-3-4-21-24(31-19)25(33-32-21)22-10-18-20(30-22)5-7-28-23(18)15-6-8-35-13-15/h3-14,30H,1-2H3,(H,29,34)(H,32,33). The van der Waals surface area contributed by atoms with Gasteiger partial charge < -0.3 is 10.3 Å². The Kier molecular flexibility index (Phi) is 5.11. The van der Waals surface area contributed by atoms with Gasteiger partial charge in [0.25, 0.3) is 0 Å². The molecule has 0 unspecified atom stereocenters. The summed E-state index contributed by atoms with van der Waals surface area (Å²) in [7, 11) is 0. The first-order chi connectivity index (χ1) is 17.1. The second kappa shape index (κ2) is 8.44. The molecule has 8 nitrogen and oxygen atoms in total. The van der Waals surface area contributed by atoms with Crippen molar-refractivity contribution in [1.29, 1.82) is 0 Å². The number of carbonyl (C=O) groups excluding carboxylic acids is 1. The van der Waals surface area contributed by atoms with Gasteiger partial charge in [0.2, 0.25) is 5.91 Å². The normalized spacial score (nSPS) is 11.5. The summed E-state index contributed by atoms with van der Waals surface area (Å²) in [5.41, 5.74) is 8.36. The van der Waals surface area contributed by atoms with Crippen molar-refractivity contribution in [2.45, 2.75) is 13.8 Å². The van der Waals surface area contributed by atoms with Crippen LogP contribution >= 0.6 is 11.3 Å². The van der Waals surface area contributed by atoms with Crippen molar-refractivity contribution in [2.24, 2.45) is 5.92 Å². The van der Waals surface area contributed by atoms with Crippen LogP contribution in [0.25, 0.3) is 55.8 Å². The van der Waals surface area contributed by atoms with Gasteiger partial charge in [0.15, 0.2) is 0 Å². The number of fused-ring (bicyclic) bond motifs is 2. The quantitative estimate of drug-likeness (QED) is 0.286. The van der Waals surface area contributed by atoms with Gasteiger partial charge in [0.1, 0.15) is 11.2 Å². The van der Waals surface area contributed by atoms with Crippen LogP contribution < -0.4 is 5.32 Å². The van der Waals surface area contributed by atoms with Gasteiger partial charge in [-0.25, -0.2) is 4.98 Å². The molecule has 0 saturated heterocycles. The molecule has 0 aromatic carbocycles. The largest absolute Gasteiger partial charge is 0.353 e. The Bertz CT molecular complexity index is 1680. The van der Waals surface area contributed by atoms with E-state index >= 15 is 0 Å². The fraction of sp³-hybridized carbons (Fsp3) is 0.115. The van der Waals surface area contributed by atoms with Crippen LogP contribution in [0.4, 0.5) is 5.69 Å². The van der Waals surface area contributed by atoms with Crippen LogP contribution in [-0.4, -0.2) is 36.0 Å². The summed E-state index contributed by atoms with van der Waals surface area (Å²) >= 11 is 1.65. The van der Waals surface area contributed by atoms with Crippen LogP contribution in [0.5, 0.6) is 0 Å². The average molecular weight is 480 g/mol. The number of H-pyrrole nitrogens is 2. The van der Waals surface area contributed by atoms with Crippen LogP contribution in [-0.2, 0) is 4.79 Å². The van der Waals surface area contributed by atoms with E-state index in [-0.39, 0.29) is 11.8 Å². The van der Waals surface area contributed by atoms with Crippen molar-refractivity contribution >= 4 is 44.9 Å². The van der Waals surface area contributed by atoms with Crippen LogP contribution in [0.3, 0.4) is 0 Å². The van der Waals surface area contributed by atoms with E-state index in [1.54, 1.807) is 23.7 Å². The molecule has 0 saturated carbocycles. The van der Waals surface area contributed by atoms with Crippen molar-refractivity contribution < 1.29 is 4.79 Å². The van der Waals surface area contributed by atoms with E-state index in [2.05, 4.69) is 48.0 Å². The monoisotopic (exact) mass is 479 g/mol. The number of aromatic nitrogens is 6. The summed E-state index contributed by atoms with van der Waals surface area (Å²) in [4.78, 5) is 29.4. The molecule has 1 amide bonds. The number of anilines is 1. The molecule has 0 radical (unpaired) electrons. The number of hydrogen-bond donors (Lipinski definition) is 3. The van der Waals surface area contributed by atoms with E-state index in [0.29, 0.717) is 5.69 Å². The lowest BCUT2D eigenvalue weighted by atomic mass is 10.1. The van der Waals surface area contributed by atoms with Crippen molar-refractivity contribution in [2.75, 3.05) is 5.32 Å². The lowest BCUT2D eigenvalue weighted by Gasteiger charge is -2.08. The molecule has 172 valence electrons. The summed E-state index contributed by atoms with van der Waals surface area (Å²) < 4.78 is 0. The molecule has 35 heavy (non-hydrogen) atoms. The predicted octanol–water partition coefficient (Wildman–Crippen LogP) is 5.89. The van der Waals surface area contributed by atoms with E-state index < -0.39 is 0 Å². The number of rotatable bonds is 5. The van der Waals surface area contributed by atoms with Gasteiger partial charge in [-0.3, -0.25) is 19.9 Å². The van der Waals surface area contributed by atoms with Gasteiger partial charge in [-0.2, -0.15) is 16.4 Å². The number of aromatic amines is 2. The lowest BCUT2D eigenvalue weighted by Crippen LogP contribution is -2.17. The Morgan fingerprint density at radius 2 is 1.94 bits per heavy atom. The maximum absolute atomic E-state index is 12.1. The maximum atomic E-state index is 12.1. The Balaban J connectivity index is 1.41. The zero-order valence-electron chi connectivity index (χ0n) is 19.0. The molecule has 0 aliphatic heterocycles. The Morgan fingerprint density at radius 1 is 1.03 bits per heavy atom. The third-order valence-corrected chi connectivity index (χ3v) is 6.51. The number of pyridine rings is 3. The topological polar surface area (TPSA) is 112 Å². The molecular weight excluding hydrogens is 458 g/mol. The third-order valence-electron chi connectivity index (χ3n) is 5.83. The SMILES string of the molecule is CC(C)C(=O)Nc1cncc(-c2ccc3[nH]nc(-c4cc5c(-c6ccsc6)nccc5[nH]4)c3n2)c1. The first-order valence-corrected chi connectivity index (χ1v) is 12.1. The molecule has 0 aliphatic carbocycles. The van der Waals surface area contributed by atoms with E-state index in [0.717, 1.165) is 55.8 Å². The Hall–Kier alpha value is -4.37. The molecule has 0 atom stereocenters. The van der Waals surface area contributed by atoms with Crippen molar-refractivity contribution in [1.82, 2.24) is 30.1 Å². The maximum Gasteiger partial charge on any atom is 0.226 e. The first-order valence-electron chi connectivity index (χ1n) is 11.2. The van der Waals surface area contributed by atoms with Gasteiger partial charge in [-0.05, 0) is 41.8 Å². The van der Waals surface area contributed by atoms with Gasteiger partial charge in [-0.15, -0.1) is 0 Å². The summed E-state index contributed by atoms with van der Waals surface area (Å²) in [5, 5.41) is 15.7. The van der Waals surface area contributed by atoms with Gasteiger partial charge in [0, 0.05) is 45.7 Å². The average Bonchev–Trinajstić information content (AvgIpc) is 3.62. The highest BCUT2D eigenvalue weighted by Gasteiger charge is 2.16. The summed E-state index contributed by atoms with van der Waals surface area (Å²) in [6, 6.07) is 11.9. The third kappa shape index (κ3) is 3.85. The lowest BCUT2D eigenvalue weighted by molar-refractivity contribution is -0.118. The predicted molar refractivity (Wildman–Crippen MR) is 139 cm³/mol. The minimum absolute atomic E-state index is 0.0559. The summed E-state index contributed by atoms with van der Waals surface area (Å²) in [5.74, 6) is -0.173. The highest BCUT2D eigenvalue weighted by Crippen LogP contribution is 2.33. The van der Waals surface area contributed by atoms with Crippen LogP contribution in [0.2, 0.25) is 0 Å². The first kappa shape index (κ1) is 21.2. The molecule has 3 N–H and O–H groups in total. The zero-order chi connectivity index (χ0) is 23.9. The van der Waals surface area contributed by atoms with Crippen molar-refractivity contribution in [3.63, 3.8) is 0 Å². The highest BCUT2D eigenvalue weighted by atomic mass is 32.1. The molecule has 9 heteroatoms. The minimum atomic E-state index is -0.117. The molecule has 0 bridgehead atoms. The van der Waals surface area contributed by atoms with Crippen LogP contribution in [0, 0.1) is 5.92 Å². The second-order valence-corrected chi connectivity index (χ2v) is 9.37. The van der Waals surface area contributed by atoms with Gasteiger partial charge in [-0.1, -0.05) is 13.8 Å². The van der Waals surface area contributed by atoms with Crippen molar-refractivity contribution in [3.8, 4) is 33.9 Å². The van der Waals surface area contributed by atoms with E-state index in [1.165, 1.54) is 0 Å². The van der Waals surface area contributed by atoms with Crippen LogP contribution in [0.15, 0.2) is 65.7 Å². The Morgan fingerprint density at radius 3 is 2.77 bits per heavy atom. The minimum Gasteiger partial charge on any atom is -0.353 e. The van der Waals surface area contributed by atoms with Gasteiger partial charge >= 0.3 is 0 Å². The number of carbonyl (C=O) groups is 1. The molecule has 0 fully saturated rings. The smallest absolute Gasteiger partial charge is 0.226 e. The Labute approximate surface area is 204 Å². The number of amides is 1. The summed E-state index contributed by atoms with van der Waals surface area (Å²) in [6.07, 6.45) is 5.18. The molecule has 0 spiro atoms. The molecular formula is C26H21N7OS. The number of hydrogen-bond acceptors (Lipinski definition) is 6. The summed E-state index contributed by atoms with van der Waals surface area (Å²) in [6.45, 7) is 3.71. The fourth-order valence-corrected chi connectivity index (χ4v) is 4.63. The molecule has 6 rings (SSSR count). The second-order valence-electron chi connectivity index (χ2n) is 8.59. The van der Waals surface area contributed by atoms with Crippen molar-refractivity contribution in [3.05, 3.63) is 65.7 Å². The molecule has 6 heterocycles. The van der Waals surface area contributed by atoms with Gasteiger partial charge in [0.05, 0.1) is 34.5 Å². The van der Waals surface area contributed by atoms with Crippen LogP contribution in [0.1, 0.15) is 13.8 Å². The van der Waals surface area contributed by atoms with E-state index in [1.807, 2.05) is 49.7 Å².